The Morgan fingerprint density at radius 3 is 2.61 bits per heavy atom. The number of amides is 1. The van der Waals surface area contributed by atoms with Crippen LogP contribution in [0.3, 0.4) is 0 Å². The van der Waals surface area contributed by atoms with E-state index >= 15 is 0 Å². The molecule has 0 radical (unpaired) electrons. The highest BCUT2D eigenvalue weighted by molar-refractivity contribution is 5.89. The van der Waals surface area contributed by atoms with Crippen LogP contribution in [-0.2, 0) is 16.0 Å². The molecular formula is C26H41N3O2. The minimum atomic E-state index is 0.0988. The van der Waals surface area contributed by atoms with Crippen molar-refractivity contribution in [1.29, 1.82) is 0 Å². The zero-order valence-electron chi connectivity index (χ0n) is 20.2. The summed E-state index contributed by atoms with van der Waals surface area (Å²) in [5, 5.41) is 3.31. The fourth-order valence-electron chi connectivity index (χ4n) is 4.17. The number of hydrogen-bond donors (Lipinski definition) is 1. The van der Waals surface area contributed by atoms with Crippen molar-refractivity contribution in [2.45, 2.75) is 65.3 Å². The van der Waals surface area contributed by atoms with Gasteiger partial charge in [-0.2, -0.15) is 0 Å². The van der Waals surface area contributed by atoms with Gasteiger partial charge in [-0.3, -0.25) is 9.79 Å². The quantitative estimate of drug-likeness (QED) is 0.406. The number of aliphatic imine (C=N–C) groups is 1. The normalized spacial score (nSPS) is 16.4. The Morgan fingerprint density at radius 1 is 1.29 bits per heavy atom. The Morgan fingerprint density at radius 2 is 2.00 bits per heavy atom. The smallest absolute Gasteiger partial charge is 0.220 e. The second kappa shape index (κ2) is 12.8. The molecular weight excluding hydrogens is 386 g/mol. The van der Waals surface area contributed by atoms with Gasteiger partial charge in [-0.25, -0.2) is 0 Å². The van der Waals surface area contributed by atoms with Gasteiger partial charge in [0.15, 0.2) is 0 Å². The Labute approximate surface area is 189 Å². The van der Waals surface area contributed by atoms with Crippen LogP contribution in [0.15, 0.2) is 35.3 Å². The van der Waals surface area contributed by atoms with Gasteiger partial charge in [-0.1, -0.05) is 31.2 Å². The third-order valence-corrected chi connectivity index (χ3v) is 5.92. The number of rotatable bonds is 11. The van der Waals surface area contributed by atoms with Gasteiger partial charge in [-0.15, -0.1) is 0 Å². The lowest BCUT2D eigenvalue weighted by atomic mass is 9.87. The van der Waals surface area contributed by atoms with Crippen LogP contribution in [0.5, 0.6) is 0 Å². The zero-order valence-corrected chi connectivity index (χ0v) is 20.2. The van der Waals surface area contributed by atoms with Crippen molar-refractivity contribution in [3.05, 3.63) is 41.5 Å². The number of hydrogen-bond acceptors (Lipinski definition) is 4. The van der Waals surface area contributed by atoms with Crippen molar-refractivity contribution in [1.82, 2.24) is 10.2 Å². The van der Waals surface area contributed by atoms with Crippen molar-refractivity contribution in [2.24, 2.45) is 10.9 Å². The van der Waals surface area contributed by atoms with Crippen molar-refractivity contribution >= 4 is 17.3 Å². The molecule has 2 rings (SSSR count). The summed E-state index contributed by atoms with van der Waals surface area (Å²) >= 11 is 0. The lowest BCUT2D eigenvalue weighted by molar-refractivity contribution is -0.122. The van der Waals surface area contributed by atoms with Crippen LogP contribution in [-0.4, -0.2) is 56.4 Å². The number of nitrogens with zero attached hydrogens (tertiary/aromatic N) is 2. The number of likely N-dealkylation sites (N-methyl/N-ethyl adjacent to an activating group) is 1. The molecule has 1 aliphatic rings. The molecule has 0 aliphatic carbocycles. The molecule has 0 aromatic heterocycles. The van der Waals surface area contributed by atoms with Gasteiger partial charge in [0.2, 0.25) is 5.91 Å². The number of ether oxygens (including phenoxy) is 1. The van der Waals surface area contributed by atoms with E-state index in [0.717, 1.165) is 62.4 Å². The maximum atomic E-state index is 12.8. The van der Waals surface area contributed by atoms with Crippen molar-refractivity contribution in [2.75, 3.05) is 33.9 Å². The van der Waals surface area contributed by atoms with Gasteiger partial charge >= 0.3 is 0 Å². The molecule has 5 nitrogen and oxygen atoms in total. The Bertz CT molecular complexity index is 764. The number of benzene rings is 1. The SMILES string of the molecule is C=C(CC(NC(=O)CCC(C)=Nc1ccc(CC)cc1C)C1CCOCC1)CN(C)C. The highest BCUT2D eigenvalue weighted by atomic mass is 16.5. The highest BCUT2D eigenvalue weighted by Gasteiger charge is 2.26. The number of carbonyl (C=O) groups excluding carboxylic acids is 1. The standard InChI is InChI=1S/C26H41N3O2/c1-7-22-9-10-24(20(3)17-22)27-21(4)8-11-26(30)28-25(16-19(2)18-29(5)6)23-12-14-31-15-13-23/h9-10,17,23,25H,2,7-8,11-16,18H2,1,3-6H3,(H,28,30). The summed E-state index contributed by atoms with van der Waals surface area (Å²) in [7, 11) is 4.10. The van der Waals surface area contributed by atoms with E-state index in [9.17, 15) is 4.79 Å². The summed E-state index contributed by atoms with van der Waals surface area (Å²) in [5.74, 6) is 0.549. The maximum absolute atomic E-state index is 12.8. The third-order valence-electron chi connectivity index (χ3n) is 5.92. The minimum absolute atomic E-state index is 0.0988. The van der Waals surface area contributed by atoms with Crippen LogP contribution in [0.4, 0.5) is 5.69 Å². The molecule has 1 aliphatic heterocycles. The van der Waals surface area contributed by atoms with Gasteiger partial charge in [0, 0.05) is 37.9 Å². The van der Waals surface area contributed by atoms with E-state index in [1.165, 1.54) is 11.1 Å². The van der Waals surface area contributed by atoms with Gasteiger partial charge < -0.3 is 15.0 Å². The predicted octanol–water partition coefficient (Wildman–Crippen LogP) is 4.85. The monoisotopic (exact) mass is 427 g/mol. The van der Waals surface area contributed by atoms with E-state index in [-0.39, 0.29) is 11.9 Å². The van der Waals surface area contributed by atoms with Crippen molar-refractivity contribution < 1.29 is 9.53 Å². The fourth-order valence-corrected chi connectivity index (χ4v) is 4.17. The molecule has 0 saturated carbocycles. The summed E-state index contributed by atoms with van der Waals surface area (Å²) < 4.78 is 5.52. The van der Waals surface area contributed by atoms with Crippen LogP contribution >= 0.6 is 0 Å². The lowest BCUT2D eigenvalue weighted by Crippen LogP contribution is -2.43. The van der Waals surface area contributed by atoms with Gasteiger partial charge in [0.25, 0.3) is 0 Å². The third kappa shape index (κ3) is 8.96. The van der Waals surface area contributed by atoms with Crippen LogP contribution in [0, 0.1) is 12.8 Å². The van der Waals surface area contributed by atoms with E-state index < -0.39 is 0 Å². The Balaban J connectivity index is 1.93. The second-order valence-electron chi connectivity index (χ2n) is 9.14. The second-order valence-corrected chi connectivity index (χ2v) is 9.14. The molecule has 1 aromatic rings. The number of carbonyl (C=O) groups is 1. The maximum Gasteiger partial charge on any atom is 0.220 e. The molecule has 31 heavy (non-hydrogen) atoms. The van der Waals surface area contributed by atoms with Crippen molar-refractivity contribution in [3.63, 3.8) is 0 Å². The van der Waals surface area contributed by atoms with Gasteiger partial charge in [0.1, 0.15) is 0 Å². The minimum Gasteiger partial charge on any atom is -0.381 e. The van der Waals surface area contributed by atoms with Crippen molar-refractivity contribution in [3.8, 4) is 0 Å². The summed E-state index contributed by atoms with van der Waals surface area (Å²) in [5.41, 5.74) is 5.65. The van der Waals surface area contributed by atoms with E-state index in [2.05, 4.69) is 48.8 Å². The molecule has 1 heterocycles. The first-order valence-electron chi connectivity index (χ1n) is 11.6. The van der Waals surface area contributed by atoms with Crippen LogP contribution in [0.2, 0.25) is 0 Å². The lowest BCUT2D eigenvalue weighted by Gasteiger charge is -2.32. The molecule has 1 N–H and O–H groups in total. The van der Waals surface area contributed by atoms with Crippen LogP contribution in [0.25, 0.3) is 0 Å². The molecule has 1 saturated heterocycles. The first kappa shape index (κ1) is 25.3. The summed E-state index contributed by atoms with van der Waals surface area (Å²) in [6.07, 6.45) is 4.96. The number of aryl methyl sites for hydroxylation is 2. The molecule has 1 amide bonds. The van der Waals surface area contributed by atoms with E-state index in [1.54, 1.807) is 0 Å². The van der Waals surface area contributed by atoms with E-state index in [0.29, 0.717) is 18.8 Å². The highest BCUT2D eigenvalue weighted by Crippen LogP contribution is 2.24. The summed E-state index contributed by atoms with van der Waals surface area (Å²) in [6, 6.07) is 6.53. The molecule has 1 unspecified atom stereocenters. The topological polar surface area (TPSA) is 53.9 Å². The van der Waals surface area contributed by atoms with Gasteiger partial charge in [-0.05, 0) is 83.2 Å². The summed E-state index contributed by atoms with van der Waals surface area (Å²) in [6.45, 7) is 12.9. The zero-order chi connectivity index (χ0) is 22.8. The number of nitrogens with one attached hydrogen (secondary N) is 1. The molecule has 172 valence electrons. The predicted molar refractivity (Wildman–Crippen MR) is 130 cm³/mol. The average molecular weight is 428 g/mol. The molecule has 1 aromatic carbocycles. The fraction of sp³-hybridized carbons (Fsp3) is 0.615. The molecule has 1 fully saturated rings. The largest absolute Gasteiger partial charge is 0.381 e. The Hall–Kier alpha value is -1.98. The average Bonchev–Trinajstić information content (AvgIpc) is 2.73. The van der Waals surface area contributed by atoms with E-state index in [4.69, 9.17) is 9.73 Å². The molecule has 1 atom stereocenters. The molecule has 5 heteroatoms. The Kier molecular flexibility index (Phi) is 10.4. The molecule has 0 bridgehead atoms. The first-order chi connectivity index (χ1) is 14.8. The first-order valence-corrected chi connectivity index (χ1v) is 11.6. The molecule has 0 spiro atoms. The van der Waals surface area contributed by atoms with Crippen LogP contribution < -0.4 is 5.32 Å². The van der Waals surface area contributed by atoms with Gasteiger partial charge in [0.05, 0.1) is 5.69 Å². The van der Waals surface area contributed by atoms with E-state index in [1.807, 2.05) is 21.0 Å². The van der Waals surface area contributed by atoms with Crippen LogP contribution in [0.1, 0.15) is 57.1 Å². The summed E-state index contributed by atoms with van der Waals surface area (Å²) in [4.78, 5) is 19.7.